The van der Waals surface area contributed by atoms with Crippen LogP contribution in [-0.2, 0) is 9.53 Å². The Morgan fingerprint density at radius 3 is 2.47 bits per heavy atom. The first-order chi connectivity index (χ1) is 8.60. The average molecular weight is 271 g/mol. The van der Waals surface area contributed by atoms with Gasteiger partial charge in [-0.1, -0.05) is 11.6 Å². The number of carboxylic acid groups (broad SMARTS) is 1. The molecule has 0 bridgehead atoms. The summed E-state index contributed by atoms with van der Waals surface area (Å²) in [5, 5.41) is 19.2. The summed E-state index contributed by atoms with van der Waals surface area (Å²) in [7, 11) is 0. The Hall–Kier alpha value is -1.56. The largest absolute Gasteiger partial charge is 0.480 e. The normalized spacial score (nSPS) is 30.2. The van der Waals surface area contributed by atoms with Crippen LogP contribution in [0.5, 0.6) is 0 Å². The van der Waals surface area contributed by atoms with Crippen molar-refractivity contribution in [1.29, 1.82) is 0 Å². The standard InChI is InChI=1S/C13H21NO5/c1-9(2)6-5-7-12(3)13(4,18)14(8-10(15)16)11(17)19-12/h6,18H,5,7-8H2,1-4H3,(H,15,16)/t12-,13+/m0/s1. The molecule has 2 atom stereocenters. The second kappa shape index (κ2) is 5.21. The monoisotopic (exact) mass is 271 g/mol. The Morgan fingerprint density at radius 2 is 2.00 bits per heavy atom. The Morgan fingerprint density at radius 1 is 1.42 bits per heavy atom. The van der Waals surface area contributed by atoms with E-state index in [0.29, 0.717) is 12.8 Å². The summed E-state index contributed by atoms with van der Waals surface area (Å²) in [4.78, 5) is 23.3. The van der Waals surface area contributed by atoms with Gasteiger partial charge in [-0.15, -0.1) is 0 Å². The topological polar surface area (TPSA) is 87.1 Å². The van der Waals surface area contributed by atoms with Crippen LogP contribution in [0.3, 0.4) is 0 Å². The van der Waals surface area contributed by atoms with E-state index in [4.69, 9.17) is 9.84 Å². The van der Waals surface area contributed by atoms with Crippen molar-refractivity contribution in [3.8, 4) is 0 Å². The fraction of sp³-hybridized carbons (Fsp3) is 0.692. The predicted molar refractivity (Wildman–Crippen MR) is 68.5 cm³/mol. The minimum absolute atomic E-state index is 0.424. The van der Waals surface area contributed by atoms with E-state index >= 15 is 0 Å². The lowest BCUT2D eigenvalue weighted by atomic mass is 9.88. The molecule has 6 nitrogen and oxygen atoms in total. The molecule has 6 heteroatoms. The summed E-state index contributed by atoms with van der Waals surface area (Å²) in [5.74, 6) is -1.19. The number of aliphatic carboxylic acids is 1. The highest BCUT2D eigenvalue weighted by molar-refractivity contribution is 5.79. The van der Waals surface area contributed by atoms with E-state index < -0.39 is 29.9 Å². The Labute approximate surface area is 112 Å². The van der Waals surface area contributed by atoms with Crippen LogP contribution in [-0.4, -0.2) is 45.0 Å². The van der Waals surface area contributed by atoms with Crippen molar-refractivity contribution >= 4 is 12.1 Å². The van der Waals surface area contributed by atoms with Gasteiger partial charge in [0, 0.05) is 0 Å². The van der Waals surface area contributed by atoms with Crippen LogP contribution < -0.4 is 0 Å². The molecule has 0 saturated carbocycles. The van der Waals surface area contributed by atoms with Gasteiger partial charge in [-0.2, -0.15) is 0 Å². The maximum Gasteiger partial charge on any atom is 0.413 e. The Bertz CT molecular complexity index is 411. The summed E-state index contributed by atoms with van der Waals surface area (Å²) >= 11 is 0. The second-order valence-electron chi connectivity index (χ2n) is 5.42. The van der Waals surface area contributed by atoms with Crippen LogP contribution in [0, 0.1) is 0 Å². The molecule has 0 aromatic rings. The highest BCUT2D eigenvalue weighted by atomic mass is 16.6. The van der Waals surface area contributed by atoms with Crippen molar-refractivity contribution < 1.29 is 24.5 Å². The van der Waals surface area contributed by atoms with Crippen LogP contribution in [0.25, 0.3) is 0 Å². The molecular formula is C13H21NO5. The third kappa shape index (κ3) is 3.07. The first-order valence-electron chi connectivity index (χ1n) is 6.18. The molecule has 0 unspecified atom stereocenters. The number of rotatable bonds is 5. The Kier molecular flexibility index (Phi) is 4.25. The van der Waals surface area contributed by atoms with Crippen molar-refractivity contribution in [2.24, 2.45) is 0 Å². The highest BCUT2D eigenvalue weighted by Gasteiger charge is 2.59. The van der Waals surface area contributed by atoms with Gasteiger partial charge in [0.05, 0.1) is 0 Å². The molecular weight excluding hydrogens is 250 g/mol. The van der Waals surface area contributed by atoms with Crippen LogP contribution >= 0.6 is 0 Å². The number of carbonyl (C=O) groups excluding carboxylic acids is 1. The summed E-state index contributed by atoms with van der Waals surface area (Å²) in [5.41, 5.74) is -1.63. The maximum atomic E-state index is 11.7. The number of allylic oxidation sites excluding steroid dienone is 2. The summed E-state index contributed by atoms with van der Waals surface area (Å²) < 4.78 is 5.20. The molecule has 0 aromatic carbocycles. The minimum atomic E-state index is -1.64. The molecule has 1 amide bonds. The van der Waals surface area contributed by atoms with Crippen LogP contribution in [0.2, 0.25) is 0 Å². The zero-order chi connectivity index (χ0) is 14.8. The fourth-order valence-electron chi connectivity index (χ4n) is 2.09. The van der Waals surface area contributed by atoms with E-state index in [1.54, 1.807) is 6.92 Å². The molecule has 2 N–H and O–H groups in total. The molecule has 1 aliphatic heterocycles. The molecule has 0 aliphatic carbocycles. The van der Waals surface area contributed by atoms with Gasteiger partial charge in [-0.05, 0) is 40.5 Å². The minimum Gasteiger partial charge on any atom is -0.480 e. The molecule has 108 valence electrons. The van der Waals surface area contributed by atoms with Crippen LogP contribution in [0.4, 0.5) is 4.79 Å². The van der Waals surface area contributed by atoms with Gasteiger partial charge >= 0.3 is 12.1 Å². The second-order valence-corrected chi connectivity index (χ2v) is 5.42. The number of carbonyl (C=O) groups is 2. The van der Waals surface area contributed by atoms with Gasteiger partial charge in [0.25, 0.3) is 0 Å². The highest BCUT2D eigenvalue weighted by Crippen LogP contribution is 2.40. The summed E-state index contributed by atoms with van der Waals surface area (Å²) in [6.45, 7) is 6.36. The molecule has 19 heavy (non-hydrogen) atoms. The predicted octanol–water partition coefficient (Wildman–Crippen LogP) is 1.74. The molecule has 0 radical (unpaired) electrons. The molecule has 1 saturated heterocycles. The van der Waals surface area contributed by atoms with Crippen LogP contribution in [0.15, 0.2) is 11.6 Å². The van der Waals surface area contributed by atoms with Gasteiger partial charge in [-0.3, -0.25) is 9.69 Å². The lowest BCUT2D eigenvalue weighted by Gasteiger charge is -2.36. The van der Waals surface area contributed by atoms with Gasteiger partial charge in [-0.25, -0.2) is 4.79 Å². The van der Waals surface area contributed by atoms with Crippen molar-refractivity contribution in [1.82, 2.24) is 4.90 Å². The number of nitrogens with zero attached hydrogens (tertiary/aromatic N) is 1. The quantitative estimate of drug-likeness (QED) is 0.744. The van der Waals surface area contributed by atoms with E-state index in [1.165, 1.54) is 6.92 Å². The molecule has 0 spiro atoms. The first kappa shape index (κ1) is 15.5. The van der Waals surface area contributed by atoms with Crippen molar-refractivity contribution in [2.45, 2.75) is 51.9 Å². The number of aliphatic hydroxyl groups is 1. The van der Waals surface area contributed by atoms with Gasteiger partial charge in [0.2, 0.25) is 0 Å². The van der Waals surface area contributed by atoms with E-state index in [9.17, 15) is 14.7 Å². The number of ether oxygens (including phenoxy) is 1. The number of amides is 1. The average Bonchev–Trinajstić information content (AvgIpc) is 2.38. The van der Waals surface area contributed by atoms with Gasteiger partial charge in [0.1, 0.15) is 6.54 Å². The fourth-order valence-corrected chi connectivity index (χ4v) is 2.09. The smallest absolute Gasteiger partial charge is 0.413 e. The third-order valence-corrected chi connectivity index (χ3v) is 3.53. The molecule has 1 aliphatic rings. The van der Waals surface area contributed by atoms with Gasteiger partial charge in [0.15, 0.2) is 11.3 Å². The van der Waals surface area contributed by atoms with Crippen LogP contribution in [0.1, 0.15) is 40.5 Å². The van der Waals surface area contributed by atoms with E-state index in [1.807, 2.05) is 19.9 Å². The maximum absolute atomic E-state index is 11.7. The SMILES string of the molecule is CC(C)=CCC[C@]1(C)OC(=O)N(CC(=O)O)[C@]1(C)O. The third-order valence-electron chi connectivity index (χ3n) is 3.53. The molecule has 0 aromatic heterocycles. The number of hydrogen-bond donors (Lipinski definition) is 2. The summed E-state index contributed by atoms with van der Waals surface area (Å²) in [6, 6.07) is 0. The molecule has 1 fully saturated rings. The van der Waals surface area contributed by atoms with Gasteiger partial charge < -0.3 is 14.9 Å². The van der Waals surface area contributed by atoms with E-state index in [0.717, 1.165) is 10.5 Å². The zero-order valence-corrected chi connectivity index (χ0v) is 11.8. The number of hydrogen-bond acceptors (Lipinski definition) is 4. The zero-order valence-electron chi connectivity index (χ0n) is 11.8. The summed E-state index contributed by atoms with van der Waals surface area (Å²) in [6.07, 6.45) is 2.25. The van der Waals surface area contributed by atoms with E-state index in [2.05, 4.69) is 0 Å². The van der Waals surface area contributed by atoms with Crippen molar-refractivity contribution in [3.63, 3.8) is 0 Å². The van der Waals surface area contributed by atoms with Crippen molar-refractivity contribution in [2.75, 3.05) is 6.54 Å². The molecule has 1 heterocycles. The molecule has 1 rings (SSSR count). The number of carboxylic acids is 1. The first-order valence-corrected chi connectivity index (χ1v) is 6.18. The van der Waals surface area contributed by atoms with Crippen molar-refractivity contribution in [3.05, 3.63) is 11.6 Å². The number of cyclic esters (lactones) is 1. The Balaban J connectivity index is 2.88. The lowest BCUT2D eigenvalue weighted by molar-refractivity contribution is -0.155. The van der Waals surface area contributed by atoms with E-state index in [-0.39, 0.29) is 0 Å². The lowest BCUT2D eigenvalue weighted by Crippen LogP contribution is -2.56.